The lowest BCUT2D eigenvalue weighted by Crippen LogP contribution is -2.67. The molecule has 2 N–H and O–H groups in total. The van der Waals surface area contributed by atoms with Crippen LogP contribution in [0.1, 0.15) is 29.3 Å². The topological polar surface area (TPSA) is 95.9 Å². The zero-order valence-corrected chi connectivity index (χ0v) is 12.5. The van der Waals surface area contributed by atoms with Crippen molar-refractivity contribution >= 4 is 23.7 Å². The van der Waals surface area contributed by atoms with E-state index in [-0.39, 0.29) is 18.1 Å². The van der Waals surface area contributed by atoms with Gasteiger partial charge in [0.15, 0.2) is 11.4 Å². The molecule has 3 rings (SSSR count). The molecule has 0 atom stereocenters. The highest BCUT2D eigenvalue weighted by Crippen LogP contribution is 2.39. The molecule has 1 aromatic rings. The van der Waals surface area contributed by atoms with Crippen molar-refractivity contribution in [1.29, 1.82) is 0 Å². The van der Waals surface area contributed by atoms with Crippen molar-refractivity contribution in [2.75, 3.05) is 13.1 Å². The monoisotopic (exact) mass is 316 g/mol. The second-order valence-corrected chi connectivity index (χ2v) is 5.83. The van der Waals surface area contributed by atoms with Crippen LogP contribution in [0.3, 0.4) is 0 Å². The standard InChI is InChI=1S/C16H16N2O5/c1-10(19)18-8-16(9-18)7-13(20)12-6-11(2-4-14(12)23-16)3-5-15(21)17-22/h2-6,22H,7-9H2,1H3,(H,17,21)/b5-3+. The number of hydrogen-bond donors (Lipinski definition) is 2. The van der Waals surface area contributed by atoms with Gasteiger partial charge in [-0.3, -0.25) is 19.6 Å². The SMILES string of the molecule is CC(=O)N1CC2(CC(=O)c3cc(/C=C/C(=O)NO)ccc3O2)C1. The van der Waals surface area contributed by atoms with E-state index in [4.69, 9.17) is 9.94 Å². The van der Waals surface area contributed by atoms with Gasteiger partial charge in [-0.1, -0.05) is 6.07 Å². The Bertz CT molecular complexity index is 719. The number of likely N-dealkylation sites (tertiary alicyclic amines) is 1. The molecule has 120 valence electrons. The third-order valence-electron chi connectivity index (χ3n) is 4.05. The Morgan fingerprint density at radius 1 is 1.39 bits per heavy atom. The van der Waals surface area contributed by atoms with E-state index in [0.717, 1.165) is 6.08 Å². The summed E-state index contributed by atoms with van der Waals surface area (Å²) >= 11 is 0. The molecule has 0 unspecified atom stereocenters. The summed E-state index contributed by atoms with van der Waals surface area (Å²) in [6, 6.07) is 5.04. The fourth-order valence-corrected chi connectivity index (χ4v) is 2.87. The summed E-state index contributed by atoms with van der Waals surface area (Å²) in [4.78, 5) is 36.3. The number of carbonyl (C=O) groups excluding carboxylic acids is 3. The molecule has 0 saturated carbocycles. The van der Waals surface area contributed by atoms with Gasteiger partial charge in [0.05, 0.1) is 25.1 Å². The summed E-state index contributed by atoms with van der Waals surface area (Å²) in [6.45, 7) is 2.34. The molecule has 0 aliphatic carbocycles. The van der Waals surface area contributed by atoms with E-state index < -0.39 is 11.5 Å². The minimum Gasteiger partial charge on any atom is -0.482 e. The highest BCUT2D eigenvalue weighted by atomic mass is 16.5. The summed E-state index contributed by atoms with van der Waals surface area (Å²) < 4.78 is 5.95. The number of nitrogens with zero attached hydrogens (tertiary/aromatic N) is 1. The van der Waals surface area contributed by atoms with Crippen LogP contribution in [-0.4, -0.2) is 46.4 Å². The number of amides is 2. The molecule has 1 fully saturated rings. The molecule has 2 aliphatic heterocycles. The van der Waals surface area contributed by atoms with E-state index in [1.165, 1.54) is 18.5 Å². The average Bonchev–Trinajstić information content (AvgIpc) is 2.50. The van der Waals surface area contributed by atoms with Crippen molar-refractivity contribution in [2.24, 2.45) is 0 Å². The fourth-order valence-electron chi connectivity index (χ4n) is 2.87. The van der Waals surface area contributed by atoms with Gasteiger partial charge in [-0.2, -0.15) is 0 Å². The van der Waals surface area contributed by atoms with Crippen LogP contribution >= 0.6 is 0 Å². The van der Waals surface area contributed by atoms with Gasteiger partial charge in [0.25, 0.3) is 5.91 Å². The minimum atomic E-state index is -0.650. The summed E-state index contributed by atoms with van der Waals surface area (Å²) in [7, 11) is 0. The Kier molecular flexibility index (Phi) is 3.65. The van der Waals surface area contributed by atoms with Crippen LogP contribution in [0, 0.1) is 0 Å². The van der Waals surface area contributed by atoms with Gasteiger partial charge < -0.3 is 9.64 Å². The van der Waals surface area contributed by atoms with Gasteiger partial charge in [-0.25, -0.2) is 5.48 Å². The lowest BCUT2D eigenvalue weighted by Gasteiger charge is -2.50. The number of benzene rings is 1. The summed E-state index contributed by atoms with van der Waals surface area (Å²) in [5, 5.41) is 8.45. The summed E-state index contributed by atoms with van der Waals surface area (Å²) in [5.74, 6) is -0.229. The minimum absolute atomic E-state index is 0.0277. The van der Waals surface area contributed by atoms with Crippen LogP contribution < -0.4 is 10.2 Å². The first-order valence-electron chi connectivity index (χ1n) is 7.16. The zero-order valence-electron chi connectivity index (χ0n) is 12.5. The third-order valence-corrected chi connectivity index (χ3v) is 4.05. The first-order valence-corrected chi connectivity index (χ1v) is 7.16. The number of ketones is 1. The molecule has 0 radical (unpaired) electrons. The van der Waals surface area contributed by atoms with Crippen LogP contribution in [-0.2, 0) is 9.59 Å². The maximum Gasteiger partial charge on any atom is 0.267 e. The Labute approximate surface area is 132 Å². The highest BCUT2D eigenvalue weighted by Gasteiger charge is 2.50. The number of hydroxylamine groups is 1. The first kappa shape index (κ1) is 15.2. The highest BCUT2D eigenvalue weighted by molar-refractivity contribution is 6.01. The van der Waals surface area contributed by atoms with Gasteiger partial charge in [-0.05, 0) is 23.8 Å². The van der Waals surface area contributed by atoms with Crippen LogP contribution in [0.25, 0.3) is 6.08 Å². The number of fused-ring (bicyclic) bond motifs is 1. The molecule has 7 heteroatoms. The van der Waals surface area contributed by atoms with Crippen molar-refractivity contribution in [3.05, 3.63) is 35.4 Å². The van der Waals surface area contributed by atoms with E-state index in [9.17, 15) is 14.4 Å². The number of ether oxygens (including phenoxy) is 1. The fraction of sp³-hybridized carbons (Fsp3) is 0.312. The lowest BCUT2D eigenvalue weighted by atomic mass is 9.83. The van der Waals surface area contributed by atoms with E-state index in [1.54, 1.807) is 23.1 Å². The smallest absolute Gasteiger partial charge is 0.267 e. The average molecular weight is 316 g/mol. The number of nitrogens with one attached hydrogen (secondary N) is 1. The van der Waals surface area contributed by atoms with E-state index >= 15 is 0 Å². The van der Waals surface area contributed by atoms with E-state index in [0.29, 0.717) is 30.0 Å². The predicted molar refractivity (Wildman–Crippen MR) is 80.0 cm³/mol. The Balaban J connectivity index is 1.79. The molecule has 0 aromatic heterocycles. The molecule has 0 bridgehead atoms. The largest absolute Gasteiger partial charge is 0.482 e. The molecule has 1 saturated heterocycles. The van der Waals surface area contributed by atoms with Gasteiger partial charge >= 0.3 is 0 Å². The Hall–Kier alpha value is -2.67. The first-order chi connectivity index (χ1) is 10.9. The van der Waals surface area contributed by atoms with Crippen LogP contribution in [0.4, 0.5) is 0 Å². The van der Waals surface area contributed by atoms with Gasteiger partial charge in [0.1, 0.15) is 5.75 Å². The second-order valence-electron chi connectivity index (χ2n) is 5.83. The molecule has 2 aliphatic rings. The molecular formula is C16H16N2O5. The quantitative estimate of drug-likeness (QED) is 0.477. The molecule has 1 spiro atoms. The molecular weight excluding hydrogens is 300 g/mol. The predicted octanol–water partition coefficient (Wildman–Crippen LogP) is 0.771. The number of Topliss-reactive ketones (excluding diaryl/α,β-unsaturated/α-hetero) is 1. The number of carbonyl (C=O) groups is 3. The van der Waals surface area contributed by atoms with Crippen LogP contribution in [0.5, 0.6) is 5.75 Å². The maximum absolute atomic E-state index is 12.4. The van der Waals surface area contributed by atoms with Gasteiger partial charge in [0, 0.05) is 13.0 Å². The van der Waals surface area contributed by atoms with Crippen molar-refractivity contribution in [1.82, 2.24) is 10.4 Å². The maximum atomic E-state index is 12.4. The summed E-state index contributed by atoms with van der Waals surface area (Å²) in [6.07, 6.45) is 2.88. The van der Waals surface area contributed by atoms with Crippen molar-refractivity contribution in [3.8, 4) is 5.75 Å². The molecule has 2 amide bonds. The molecule has 2 heterocycles. The lowest BCUT2D eigenvalue weighted by molar-refractivity contribution is -0.148. The second kappa shape index (κ2) is 5.51. The van der Waals surface area contributed by atoms with Gasteiger partial charge in [-0.15, -0.1) is 0 Å². The Morgan fingerprint density at radius 2 is 2.13 bits per heavy atom. The van der Waals surface area contributed by atoms with Gasteiger partial charge in [0.2, 0.25) is 5.91 Å². The normalized spacial score (nSPS) is 18.3. The van der Waals surface area contributed by atoms with E-state index in [2.05, 4.69) is 0 Å². The van der Waals surface area contributed by atoms with Crippen molar-refractivity contribution in [3.63, 3.8) is 0 Å². The van der Waals surface area contributed by atoms with Crippen molar-refractivity contribution < 1.29 is 24.3 Å². The molecule has 7 nitrogen and oxygen atoms in total. The van der Waals surface area contributed by atoms with E-state index in [1.807, 2.05) is 0 Å². The Morgan fingerprint density at radius 3 is 2.78 bits per heavy atom. The number of rotatable bonds is 2. The van der Waals surface area contributed by atoms with Crippen LogP contribution in [0.15, 0.2) is 24.3 Å². The number of hydrogen-bond acceptors (Lipinski definition) is 5. The molecule has 1 aromatic carbocycles. The van der Waals surface area contributed by atoms with Crippen LogP contribution in [0.2, 0.25) is 0 Å². The third kappa shape index (κ3) is 2.83. The zero-order chi connectivity index (χ0) is 16.6. The molecule has 23 heavy (non-hydrogen) atoms. The summed E-state index contributed by atoms with van der Waals surface area (Å²) in [5.41, 5.74) is 2.00. The van der Waals surface area contributed by atoms with Crippen molar-refractivity contribution in [2.45, 2.75) is 18.9 Å².